The first-order valence-electron chi connectivity index (χ1n) is 8.51. The maximum absolute atomic E-state index is 12.9. The van der Waals surface area contributed by atoms with Gasteiger partial charge in [-0.1, -0.05) is 36.4 Å². The molecule has 126 valence electrons. The summed E-state index contributed by atoms with van der Waals surface area (Å²) in [7, 11) is 0. The van der Waals surface area contributed by atoms with Crippen molar-refractivity contribution in [2.75, 3.05) is 5.32 Å². The van der Waals surface area contributed by atoms with Crippen LogP contribution in [-0.2, 0) is 0 Å². The van der Waals surface area contributed by atoms with Gasteiger partial charge in [0.1, 0.15) is 11.2 Å². The molecule has 5 aromatic rings. The Morgan fingerprint density at radius 3 is 2.50 bits per heavy atom. The molecule has 0 unspecified atom stereocenters. The second kappa shape index (κ2) is 5.49. The van der Waals surface area contributed by atoms with Gasteiger partial charge in [-0.3, -0.25) is 4.79 Å². The third kappa shape index (κ3) is 2.19. The Morgan fingerprint density at radius 2 is 1.62 bits per heavy atom. The van der Waals surface area contributed by atoms with Crippen molar-refractivity contribution in [1.29, 1.82) is 0 Å². The molecule has 0 radical (unpaired) electrons. The molecular weight excluding hydrogens is 324 g/mol. The number of carbonyl (C=O) groups is 1. The number of para-hydroxylation sites is 2. The fraction of sp³-hybridized carbons (Fsp3) is 0.0455. The second-order valence-corrected chi connectivity index (χ2v) is 6.43. The van der Waals surface area contributed by atoms with Crippen LogP contribution in [0.3, 0.4) is 0 Å². The number of nitrogens with one attached hydrogen (secondary N) is 2. The van der Waals surface area contributed by atoms with Crippen molar-refractivity contribution in [2.45, 2.75) is 6.92 Å². The molecule has 0 saturated heterocycles. The fourth-order valence-electron chi connectivity index (χ4n) is 3.57. The molecule has 2 heterocycles. The van der Waals surface area contributed by atoms with E-state index in [2.05, 4.69) is 10.3 Å². The predicted octanol–water partition coefficient (Wildman–Crippen LogP) is 5.63. The van der Waals surface area contributed by atoms with Gasteiger partial charge in [0.15, 0.2) is 0 Å². The van der Waals surface area contributed by atoms with Crippen molar-refractivity contribution in [3.05, 3.63) is 78.0 Å². The van der Waals surface area contributed by atoms with E-state index in [0.717, 1.165) is 38.5 Å². The Labute approximate surface area is 149 Å². The van der Waals surface area contributed by atoms with Crippen LogP contribution in [0.4, 0.5) is 5.69 Å². The van der Waals surface area contributed by atoms with Gasteiger partial charge in [0.25, 0.3) is 5.91 Å². The monoisotopic (exact) mass is 340 g/mol. The van der Waals surface area contributed by atoms with E-state index < -0.39 is 0 Å². The molecule has 4 heteroatoms. The van der Waals surface area contributed by atoms with Crippen molar-refractivity contribution < 1.29 is 9.21 Å². The van der Waals surface area contributed by atoms with Crippen molar-refractivity contribution in [2.24, 2.45) is 0 Å². The SMILES string of the molecule is Cc1[nH]c2ccccc2c1C(=O)Nc1ccc2c(c1)oc1ccccc12. The molecule has 0 saturated carbocycles. The van der Waals surface area contributed by atoms with Gasteiger partial charge in [0.05, 0.1) is 5.56 Å². The fourth-order valence-corrected chi connectivity index (χ4v) is 3.57. The van der Waals surface area contributed by atoms with Crippen LogP contribution < -0.4 is 5.32 Å². The highest BCUT2D eigenvalue weighted by Crippen LogP contribution is 2.31. The molecule has 2 N–H and O–H groups in total. The maximum atomic E-state index is 12.9. The van der Waals surface area contributed by atoms with Crippen LogP contribution in [0.5, 0.6) is 0 Å². The third-order valence-corrected chi connectivity index (χ3v) is 4.76. The summed E-state index contributed by atoms with van der Waals surface area (Å²) in [6.07, 6.45) is 0. The van der Waals surface area contributed by atoms with Crippen LogP contribution >= 0.6 is 0 Å². The van der Waals surface area contributed by atoms with E-state index in [4.69, 9.17) is 4.42 Å². The Balaban J connectivity index is 1.55. The summed E-state index contributed by atoms with van der Waals surface area (Å²) in [5, 5.41) is 6.04. The first kappa shape index (κ1) is 14.8. The molecule has 0 atom stereocenters. The highest BCUT2D eigenvalue weighted by molar-refractivity contribution is 6.14. The number of benzene rings is 3. The number of hydrogen-bond acceptors (Lipinski definition) is 2. The van der Waals surface area contributed by atoms with E-state index in [0.29, 0.717) is 11.3 Å². The number of H-pyrrole nitrogens is 1. The van der Waals surface area contributed by atoms with Crippen molar-refractivity contribution >= 4 is 44.4 Å². The van der Waals surface area contributed by atoms with Gasteiger partial charge < -0.3 is 14.7 Å². The zero-order valence-electron chi connectivity index (χ0n) is 14.2. The standard InChI is InChI=1S/C22H16N2O2/c1-13-21(17-7-2-4-8-18(17)23-13)22(25)24-14-10-11-16-15-6-3-5-9-19(15)26-20(16)12-14/h2-12,23H,1H3,(H,24,25). The van der Waals surface area contributed by atoms with E-state index >= 15 is 0 Å². The van der Waals surface area contributed by atoms with E-state index in [1.807, 2.05) is 73.7 Å². The Bertz CT molecular complexity index is 1290. The molecule has 2 aromatic heterocycles. The summed E-state index contributed by atoms with van der Waals surface area (Å²) in [5.41, 5.74) is 4.81. The Hall–Kier alpha value is -3.53. The summed E-state index contributed by atoms with van der Waals surface area (Å²) < 4.78 is 5.90. The largest absolute Gasteiger partial charge is 0.456 e. The number of hydrogen-bond donors (Lipinski definition) is 2. The van der Waals surface area contributed by atoms with E-state index in [-0.39, 0.29) is 5.91 Å². The number of carbonyl (C=O) groups excluding carboxylic acids is 1. The summed E-state index contributed by atoms with van der Waals surface area (Å²) >= 11 is 0. The molecule has 26 heavy (non-hydrogen) atoms. The minimum atomic E-state index is -0.129. The molecule has 4 nitrogen and oxygen atoms in total. The average molecular weight is 340 g/mol. The van der Waals surface area contributed by atoms with Crippen LogP contribution in [0, 0.1) is 6.92 Å². The van der Waals surface area contributed by atoms with Gasteiger partial charge in [-0.05, 0) is 31.2 Å². The highest BCUT2D eigenvalue weighted by atomic mass is 16.3. The molecule has 5 rings (SSSR count). The van der Waals surface area contributed by atoms with E-state index in [1.165, 1.54) is 0 Å². The van der Waals surface area contributed by atoms with Crippen molar-refractivity contribution in [3.63, 3.8) is 0 Å². The smallest absolute Gasteiger partial charge is 0.258 e. The van der Waals surface area contributed by atoms with Gasteiger partial charge in [-0.15, -0.1) is 0 Å². The zero-order valence-corrected chi connectivity index (χ0v) is 14.2. The second-order valence-electron chi connectivity index (χ2n) is 6.43. The minimum Gasteiger partial charge on any atom is -0.456 e. The van der Waals surface area contributed by atoms with Gasteiger partial charge in [0, 0.05) is 39.1 Å². The summed E-state index contributed by atoms with van der Waals surface area (Å²) in [4.78, 5) is 16.1. The number of anilines is 1. The third-order valence-electron chi connectivity index (χ3n) is 4.76. The van der Waals surface area contributed by atoms with E-state index in [1.54, 1.807) is 0 Å². The predicted molar refractivity (Wildman–Crippen MR) is 105 cm³/mol. The number of aromatic nitrogens is 1. The first-order chi connectivity index (χ1) is 12.7. The summed E-state index contributed by atoms with van der Waals surface area (Å²) in [6.45, 7) is 1.91. The lowest BCUT2D eigenvalue weighted by atomic mass is 10.1. The van der Waals surface area contributed by atoms with Gasteiger partial charge >= 0.3 is 0 Å². The molecule has 1 amide bonds. The number of amides is 1. The molecule has 0 fully saturated rings. The Kier molecular flexibility index (Phi) is 3.12. The number of aryl methyl sites for hydroxylation is 1. The number of rotatable bonds is 2. The summed E-state index contributed by atoms with van der Waals surface area (Å²) in [6, 6.07) is 21.5. The first-order valence-corrected chi connectivity index (χ1v) is 8.51. The molecular formula is C22H16N2O2. The number of aromatic amines is 1. The molecule has 3 aromatic carbocycles. The topological polar surface area (TPSA) is 58.0 Å². The van der Waals surface area contributed by atoms with Gasteiger partial charge in [0.2, 0.25) is 0 Å². The lowest BCUT2D eigenvalue weighted by Crippen LogP contribution is -2.12. The molecule has 0 aliphatic heterocycles. The van der Waals surface area contributed by atoms with Crippen LogP contribution in [0.2, 0.25) is 0 Å². The van der Waals surface area contributed by atoms with E-state index in [9.17, 15) is 4.79 Å². The molecule has 0 spiro atoms. The molecule has 0 aliphatic carbocycles. The van der Waals surface area contributed by atoms with Crippen LogP contribution in [0.25, 0.3) is 32.8 Å². The lowest BCUT2D eigenvalue weighted by Gasteiger charge is -2.05. The number of fused-ring (bicyclic) bond motifs is 4. The van der Waals surface area contributed by atoms with Gasteiger partial charge in [-0.2, -0.15) is 0 Å². The summed E-state index contributed by atoms with van der Waals surface area (Å²) in [5.74, 6) is -0.129. The minimum absolute atomic E-state index is 0.129. The normalized spacial score (nSPS) is 11.4. The van der Waals surface area contributed by atoms with Crippen molar-refractivity contribution in [3.8, 4) is 0 Å². The highest BCUT2D eigenvalue weighted by Gasteiger charge is 2.16. The zero-order chi connectivity index (χ0) is 17.7. The van der Waals surface area contributed by atoms with Crippen LogP contribution in [0.15, 0.2) is 71.1 Å². The molecule has 0 aliphatic rings. The van der Waals surface area contributed by atoms with Crippen LogP contribution in [0.1, 0.15) is 16.1 Å². The Morgan fingerprint density at radius 1 is 0.885 bits per heavy atom. The van der Waals surface area contributed by atoms with Crippen molar-refractivity contribution in [1.82, 2.24) is 4.98 Å². The van der Waals surface area contributed by atoms with Crippen LogP contribution in [-0.4, -0.2) is 10.9 Å². The average Bonchev–Trinajstić information content (AvgIpc) is 3.17. The number of furan rings is 1. The quantitative estimate of drug-likeness (QED) is 0.438. The molecule has 0 bridgehead atoms. The van der Waals surface area contributed by atoms with Gasteiger partial charge in [-0.25, -0.2) is 0 Å². The maximum Gasteiger partial charge on any atom is 0.258 e. The lowest BCUT2D eigenvalue weighted by molar-refractivity contribution is 0.102.